The number of carbonyl (C=O) groups excluding carboxylic acids is 1. The molecule has 0 aliphatic heterocycles. The Hall–Kier alpha value is -2.13. The molecule has 3 N–H and O–H groups in total. The van der Waals surface area contributed by atoms with E-state index in [-0.39, 0.29) is 23.6 Å². The third-order valence-corrected chi connectivity index (χ3v) is 4.66. The fraction of sp³-hybridized carbons (Fsp3) is 0.467. The molecule has 0 bridgehead atoms. The second-order valence-corrected chi connectivity index (χ2v) is 7.37. The van der Waals surface area contributed by atoms with Gasteiger partial charge in [-0.3, -0.25) is 9.52 Å². The predicted molar refractivity (Wildman–Crippen MR) is 89.5 cm³/mol. The number of carboxylic acid groups (broad SMARTS) is 1. The molecule has 1 amide bonds. The first kappa shape index (κ1) is 19.9. The van der Waals surface area contributed by atoms with Gasteiger partial charge in [0.25, 0.3) is 5.91 Å². The van der Waals surface area contributed by atoms with E-state index in [1.165, 1.54) is 38.3 Å². The van der Waals surface area contributed by atoms with Gasteiger partial charge in [0.1, 0.15) is 0 Å². The summed E-state index contributed by atoms with van der Waals surface area (Å²) in [5.74, 6) is -1.92. The first-order valence-electron chi connectivity index (χ1n) is 7.29. The molecule has 24 heavy (non-hydrogen) atoms. The second kappa shape index (κ2) is 8.11. The monoisotopic (exact) mass is 358 g/mol. The number of rotatable bonds is 9. The standard InChI is InChI=1S/C15H22N2O6S/c1-4-8-24(21,22)17-12-7-5-6-11(9-12)13(18)16-15(2,10-23-3)14(19)20/h5-7,9,17H,4,8,10H2,1-3H3,(H,16,18)(H,19,20). The van der Waals surface area contributed by atoms with Gasteiger partial charge in [0.15, 0.2) is 5.54 Å². The van der Waals surface area contributed by atoms with Crippen LogP contribution in [0.1, 0.15) is 30.6 Å². The van der Waals surface area contributed by atoms with Gasteiger partial charge in [-0.1, -0.05) is 13.0 Å². The number of hydrogen-bond donors (Lipinski definition) is 3. The Morgan fingerprint density at radius 2 is 2.00 bits per heavy atom. The summed E-state index contributed by atoms with van der Waals surface area (Å²) in [5, 5.41) is 11.6. The van der Waals surface area contributed by atoms with Gasteiger partial charge in [-0.2, -0.15) is 0 Å². The van der Waals surface area contributed by atoms with E-state index in [9.17, 15) is 23.1 Å². The van der Waals surface area contributed by atoms with Gasteiger partial charge in [0, 0.05) is 18.4 Å². The number of aliphatic carboxylic acids is 1. The zero-order valence-electron chi connectivity index (χ0n) is 13.8. The van der Waals surface area contributed by atoms with E-state index in [2.05, 4.69) is 10.0 Å². The van der Waals surface area contributed by atoms with Gasteiger partial charge in [-0.25, -0.2) is 13.2 Å². The van der Waals surface area contributed by atoms with Crippen molar-refractivity contribution in [2.45, 2.75) is 25.8 Å². The van der Waals surface area contributed by atoms with Gasteiger partial charge in [-0.15, -0.1) is 0 Å². The van der Waals surface area contributed by atoms with Crippen molar-refractivity contribution in [2.75, 3.05) is 24.2 Å². The number of amides is 1. The van der Waals surface area contributed by atoms with Crippen molar-refractivity contribution >= 4 is 27.6 Å². The minimum atomic E-state index is -3.48. The molecule has 1 rings (SSSR count). The van der Waals surface area contributed by atoms with Gasteiger partial charge in [0.05, 0.1) is 12.4 Å². The van der Waals surface area contributed by atoms with Crippen LogP contribution in [0.5, 0.6) is 0 Å². The molecule has 0 aromatic heterocycles. The largest absolute Gasteiger partial charge is 0.479 e. The summed E-state index contributed by atoms with van der Waals surface area (Å²) < 4.78 is 30.8. The molecule has 0 fully saturated rings. The third kappa shape index (κ3) is 5.50. The lowest BCUT2D eigenvalue weighted by atomic mass is 10.0. The third-order valence-electron chi connectivity index (χ3n) is 3.17. The topological polar surface area (TPSA) is 122 Å². The molecular weight excluding hydrogens is 336 g/mol. The Balaban J connectivity index is 2.97. The van der Waals surface area contributed by atoms with Crippen LogP contribution in [-0.4, -0.2) is 50.4 Å². The molecule has 0 saturated carbocycles. The summed E-state index contributed by atoms with van der Waals surface area (Å²) in [6, 6.07) is 5.82. The average Bonchev–Trinajstić information content (AvgIpc) is 2.46. The highest BCUT2D eigenvalue weighted by atomic mass is 32.2. The first-order valence-corrected chi connectivity index (χ1v) is 8.94. The van der Waals surface area contributed by atoms with Crippen LogP contribution in [0, 0.1) is 0 Å². The average molecular weight is 358 g/mol. The number of anilines is 1. The molecule has 8 nitrogen and oxygen atoms in total. The summed E-state index contributed by atoms with van der Waals surface area (Å²) in [5.41, 5.74) is -1.22. The Morgan fingerprint density at radius 3 is 2.54 bits per heavy atom. The highest BCUT2D eigenvalue weighted by Crippen LogP contribution is 2.14. The SMILES string of the molecule is CCCS(=O)(=O)Nc1cccc(C(=O)NC(C)(COC)C(=O)O)c1. The molecular formula is C15H22N2O6S. The quantitative estimate of drug-likeness (QED) is 0.607. The number of methoxy groups -OCH3 is 1. The molecule has 0 aliphatic carbocycles. The van der Waals surface area contributed by atoms with Gasteiger partial charge in [0.2, 0.25) is 10.0 Å². The fourth-order valence-electron chi connectivity index (χ4n) is 1.99. The minimum Gasteiger partial charge on any atom is -0.479 e. The molecule has 0 spiro atoms. The Morgan fingerprint density at radius 1 is 1.33 bits per heavy atom. The highest BCUT2D eigenvalue weighted by molar-refractivity contribution is 7.92. The van der Waals surface area contributed by atoms with E-state index in [4.69, 9.17) is 4.74 Å². The van der Waals surface area contributed by atoms with E-state index in [1.807, 2.05) is 0 Å². The normalized spacial score (nSPS) is 13.8. The Bertz CT molecular complexity index is 704. The van der Waals surface area contributed by atoms with Crippen LogP contribution in [0.3, 0.4) is 0 Å². The van der Waals surface area contributed by atoms with Gasteiger partial charge in [-0.05, 0) is 31.5 Å². The minimum absolute atomic E-state index is 0.0334. The molecule has 0 saturated heterocycles. The molecule has 9 heteroatoms. The van der Waals surface area contributed by atoms with E-state index < -0.39 is 27.4 Å². The number of hydrogen-bond acceptors (Lipinski definition) is 5. The maximum atomic E-state index is 12.3. The molecule has 0 aliphatic rings. The number of carboxylic acids is 1. The summed E-state index contributed by atoms with van der Waals surface area (Å²) in [7, 11) is -2.15. The van der Waals surface area contributed by atoms with Crippen molar-refractivity contribution in [3.05, 3.63) is 29.8 Å². The van der Waals surface area contributed by atoms with E-state index in [0.29, 0.717) is 6.42 Å². The zero-order valence-corrected chi connectivity index (χ0v) is 14.6. The summed E-state index contributed by atoms with van der Waals surface area (Å²) in [6.45, 7) is 2.85. The Labute approximate surface area is 141 Å². The van der Waals surface area contributed by atoms with E-state index in [0.717, 1.165) is 0 Å². The molecule has 1 aromatic carbocycles. The molecule has 1 atom stereocenters. The van der Waals surface area contributed by atoms with Crippen molar-refractivity contribution in [1.29, 1.82) is 0 Å². The van der Waals surface area contributed by atoms with Crippen LogP contribution < -0.4 is 10.0 Å². The summed E-state index contributed by atoms with van der Waals surface area (Å²) in [6.07, 6.45) is 0.462. The van der Waals surface area contributed by atoms with Gasteiger partial charge >= 0.3 is 5.97 Å². The van der Waals surface area contributed by atoms with Gasteiger partial charge < -0.3 is 15.2 Å². The molecule has 0 radical (unpaired) electrons. The number of ether oxygens (including phenoxy) is 1. The zero-order chi connectivity index (χ0) is 18.4. The van der Waals surface area contributed by atoms with Crippen LogP contribution in [0.4, 0.5) is 5.69 Å². The lowest BCUT2D eigenvalue weighted by Gasteiger charge is -2.25. The van der Waals surface area contributed by atoms with Crippen molar-refractivity contribution in [3.8, 4) is 0 Å². The van der Waals surface area contributed by atoms with Crippen molar-refractivity contribution in [3.63, 3.8) is 0 Å². The van der Waals surface area contributed by atoms with Crippen molar-refractivity contribution in [1.82, 2.24) is 5.32 Å². The summed E-state index contributed by atoms with van der Waals surface area (Å²) >= 11 is 0. The number of carbonyl (C=O) groups is 2. The van der Waals surface area contributed by atoms with Crippen molar-refractivity contribution < 1.29 is 27.9 Å². The van der Waals surface area contributed by atoms with E-state index >= 15 is 0 Å². The highest BCUT2D eigenvalue weighted by Gasteiger charge is 2.35. The Kier molecular flexibility index (Phi) is 6.73. The first-order chi connectivity index (χ1) is 11.1. The van der Waals surface area contributed by atoms with Crippen LogP contribution in [-0.2, 0) is 19.6 Å². The van der Waals surface area contributed by atoms with Crippen LogP contribution in [0.2, 0.25) is 0 Å². The number of nitrogens with one attached hydrogen (secondary N) is 2. The fourth-order valence-corrected chi connectivity index (χ4v) is 3.11. The molecule has 1 unspecified atom stereocenters. The predicted octanol–water partition coefficient (Wildman–Crippen LogP) is 1.06. The number of benzene rings is 1. The number of sulfonamides is 1. The van der Waals surface area contributed by atoms with Crippen LogP contribution in [0.15, 0.2) is 24.3 Å². The van der Waals surface area contributed by atoms with Crippen molar-refractivity contribution in [2.24, 2.45) is 0 Å². The molecule has 0 heterocycles. The molecule has 134 valence electrons. The van der Waals surface area contributed by atoms with Crippen LogP contribution >= 0.6 is 0 Å². The lowest BCUT2D eigenvalue weighted by molar-refractivity contribution is -0.145. The maximum Gasteiger partial charge on any atom is 0.331 e. The van der Waals surface area contributed by atoms with E-state index in [1.54, 1.807) is 6.92 Å². The maximum absolute atomic E-state index is 12.3. The molecule has 1 aromatic rings. The van der Waals surface area contributed by atoms with Crippen LogP contribution in [0.25, 0.3) is 0 Å². The second-order valence-electron chi connectivity index (χ2n) is 5.53. The summed E-state index contributed by atoms with van der Waals surface area (Å²) in [4.78, 5) is 23.6. The smallest absolute Gasteiger partial charge is 0.331 e. The lowest BCUT2D eigenvalue weighted by Crippen LogP contribution is -2.55.